The van der Waals surface area contributed by atoms with Gasteiger partial charge in [-0.05, 0) is 12.8 Å². The average Bonchev–Trinajstić information content (AvgIpc) is 2.59. The third-order valence-electron chi connectivity index (χ3n) is 4.36. The number of hydrogen-bond acceptors (Lipinski definition) is 8. The smallest absolute Gasteiger partial charge is 0.305 e. The van der Waals surface area contributed by atoms with Gasteiger partial charge in [0.1, 0.15) is 24.4 Å². The zero-order valence-corrected chi connectivity index (χ0v) is 14.7. The van der Waals surface area contributed by atoms with E-state index in [1.54, 1.807) is 0 Å². The Morgan fingerprint density at radius 2 is 1.85 bits per heavy atom. The zero-order chi connectivity index (χ0) is 19.7. The fourth-order valence-electron chi connectivity index (χ4n) is 2.87. The minimum atomic E-state index is -1.54. The van der Waals surface area contributed by atoms with Gasteiger partial charge in [0, 0.05) is 19.7 Å². The van der Waals surface area contributed by atoms with Crippen LogP contribution in [0.3, 0.4) is 0 Å². The number of β-amino-alcohol motifs (C(OH)–C–C–N with tert-alkyl or cyclic N) is 1. The van der Waals surface area contributed by atoms with E-state index in [9.17, 15) is 24.9 Å². The molecule has 1 aliphatic heterocycles. The van der Waals surface area contributed by atoms with Gasteiger partial charge >= 0.3 is 5.97 Å². The molecule has 152 valence electrons. The largest absolute Gasteiger partial charge is 0.481 e. The molecule has 7 N–H and O–H groups in total. The van der Waals surface area contributed by atoms with Gasteiger partial charge in [0.15, 0.2) is 0 Å². The van der Waals surface area contributed by atoms with E-state index < -0.39 is 55.4 Å². The van der Waals surface area contributed by atoms with Crippen molar-refractivity contribution < 1.29 is 39.9 Å². The fourth-order valence-corrected chi connectivity index (χ4v) is 2.87. The molecule has 0 aromatic rings. The third kappa shape index (κ3) is 7.14. The minimum absolute atomic E-state index is 0.262. The van der Waals surface area contributed by atoms with E-state index in [0.29, 0.717) is 12.8 Å². The van der Waals surface area contributed by atoms with E-state index in [0.717, 1.165) is 12.8 Å². The molecule has 1 rings (SSSR count). The van der Waals surface area contributed by atoms with Gasteiger partial charge < -0.3 is 40.9 Å². The first-order valence-corrected chi connectivity index (χ1v) is 8.80. The number of aliphatic carboxylic acids is 1. The highest BCUT2D eigenvalue weighted by molar-refractivity contribution is 5.86. The predicted molar refractivity (Wildman–Crippen MR) is 90.1 cm³/mol. The van der Waals surface area contributed by atoms with Gasteiger partial charge in [-0.15, -0.1) is 0 Å². The molecule has 0 saturated carbocycles. The number of carboxylic acid groups (broad SMARTS) is 1. The van der Waals surface area contributed by atoms with Crippen molar-refractivity contribution in [3.05, 3.63) is 0 Å². The molecule has 0 aromatic heterocycles. The van der Waals surface area contributed by atoms with Gasteiger partial charge in [-0.3, -0.25) is 9.59 Å². The monoisotopic (exact) mass is 378 g/mol. The van der Waals surface area contributed by atoms with Gasteiger partial charge in [0.25, 0.3) is 0 Å². The van der Waals surface area contributed by atoms with Crippen LogP contribution in [-0.4, -0.2) is 99.1 Å². The van der Waals surface area contributed by atoms with Crippen molar-refractivity contribution >= 4 is 11.9 Å². The van der Waals surface area contributed by atoms with Gasteiger partial charge in [-0.1, -0.05) is 12.8 Å². The number of carboxylic acids is 1. The van der Waals surface area contributed by atoms with Crippen LogP contribution < -0.4 is 5.73 Å². The molecule has 1 heterocycles. The minimum Gasteiger partial charge on any atom is -0.481 e. The lowest BCUT2D eigenvalue weighted by atomic mass is 10.0. The van der Waals surface area contributed by atoms with Crippen molar-refractivity contribution in [3.63, 3.8) is 0 Å². The fraction of sp³-hybridized carbons (Fsp3) is 0.875. The molecule has 0 aromatic carbocycles. The molecule has 0 spiro atoms. The number of ether oxygens (including phenoxy) is 1. The first-order valence-electron chi connectivity index (χ1n) is 8.80. The van der Waals surface area contributed by atoms with Crippen LogP contribution in [0.15, 0.2) is 0 Å². The maximum atomic E-state index is 12.4. The quantitative estimate of drug-likeness (QED) is 0.306. The highest BCUT2D eigenvalue weighted by atomic mass is 16.5. The molecule has 10 heteroatoms. The number of hydrogen-bond donors (Lipinski definition) is 6. The SMILES string of the molecule is N[C@@H](CC(=O)O)C(=O)N1CCCCCCO[C@H]([C@H](O)CO)[C@H](O)[C@H](O)C1. The lowest BCUT2D eigenvalue weighted by Crippen LogP contribution is -2.54. The van der Waals surface area contributed by atoms with Crippen molar-refractivity contribution in [1.82, 2.24) is 4.90 Å². The van der Waals surface area contributed by atoms with Crippen LogP contribution >= 0.6 is 0 Å². The van der Waals surface area contributed by atoms with Crippen LogP contribution in [0.1, 0.15) is 32.1 Å². The number of aliphatic hydroxyl groups excluding tert-OH is 4. The maximum absolute atomic E-state index is 12.4. The van der Waals surface area contributed by atoms with Gasteiger partial charge in [-0.25, -0.2) is 0 Å². The molecule has 1 amide bonds. The second kappa shape index (κ2) is 11.4. The summed E-state index contributed by atoms with van der Waals surface area (Å²) in [7, 11) is 0. The van der Waals surface area contributed by atoms with E-state index in [2.05, 4.69) is 0 Å². The van der Waals surface area contributed by atoms with Crippen LogP contribution in [-0.2, 0) is 14.3 Å². The van der Waals surface area contributed by atoms with E-state index >= 15 is 0 Å². The molecule has 0 radical (unpaired) electrons. The number of nitrogens with zero attached hydrogens (tertiary/aromatic N) is 1. The number of carbonyl (C=O) groups is 2. The van der Waals surface area contributed by atoms with E-state index in [-0.39, 0.29) is 19.7 Å². The highest BCUT2D eigenvalue weighted by Gasteiger charge is 2.35. The second-order valence-corrected chi connectivity index (χ2v) is 6.55. The Morgan fingerprint density at radius 1 is 1.19 bits per heavy atom. The Hall–Kier alpha value is -1.30. The molecular weight excluding hydrogens is 348 g/mol. The number of nitrogens with two attached hydrogens (primary N) is 1. The summed E-state index contributed by atoms with van der Waals surface area (Å²) in [5.74, 6) is -1.84. The number of aliphatic hydroxyl groups is 4. The van der Waals surface area contributed by atoms with Crippen LogP contribution in [0.25, 0.3) is 0 Å². The Bertz CT molecular complexity index is 450. The summed E-state index contributed by atoms with van der Waals surface area (Å²) in [5.41, 5.74) is 5.63. The van der Waals surface area contributed by atoms with Crippen molar-refractivity contribution in [2.45, 2.75) is 62.6 Å². The normalized spacial score (nSPS) is 28.5. The van der Waals surface area contributed by atoms with Crippen LogP contribution in [0.2, 0.25) is 0 Å². The van der Waals surface area contributed by atoms with Crippen LogP contribution in [0.4, 0.5) is 0 Å². The summed E-state index contributed by atoms with van der Waals surface area (Å²) < 4.78 is 5.42. The molecule has 1 saturated heterocycles. The van der Waals surface area contributed by atoms with Crippen LogP contribution in [0.5, 0.6) is 0 Å². The average molecular weight is 378 g/mol. The molecule has 0 bridgehead atoms. The molecule has 10 nitrogen and oxygen atoms in total. The van der Waals surface area contributed by atoms with Crippen molar-refractivity contribution in [2.75, 3.05) is 26.3 Å². The summed E-state index contributed by atoms with van der Waals surface area (Å²) in [6.45, 7) is -0.409. The molecule has 1 fully saturated rings. The summed E-state index contributed by atoms with van der Waals surface area (Å²) in [6.07, 6.45) is -3.26. The summed E-state index contributed by atoms with van der Waals surface area (Å²) in [5, 5.41) is 48.3. The molecule has 0 aliphatic carbocycles. The molecule has 0 unspecified atom stereocenters. The zero-order valence-electron chi connectivity index (χ0n) is 14.7. The highest BCUT2D eigenvalue weighted by Crippen LogP contribution is 2.15. The van der Waals surface area contributed by atoms with Crippen LogP contribution in [0, 0.1) is 0 Å². The van der Waals surface area contributed by atoms with Gasteiger partial charge in [0.2, 0.25) is 5.91 Å². The number of carbonyl (C=O) groups excluding carboxylic acids is 1. The molecule has 26 heavy (non-hydrogen) atoms. The molecule has 1 aliphatic rings. The Kier molecular flexibility index (Phi) is 9.99. The summed E-state index contributed by atoms with van der Waals surface area (Å²) >= 11 is 0. The van der Waals surface area contributed by atoms with E-state index in [4.69, 9.17) is 20.7 Å². The van der Waals surface area contributed by atoms with Crippen molar-refractivity contribution in [2.24, 2.45) is 5.73 Å². The lowest BCUT2D eigenvalue weighted by Gasteiger charge is -2.34. The molecule has 5 atom stereocenters. The maximum Gasteiger partial charge on any atom is 0.305 e. The second-order valence-electron chi connectivity index (χ2n) is 6.55. The number of rotatable bonds is 5. The topological polar surface area (TPSA) is 174 Å². The number of amides is 1. The van der Waals surface area contributed by atoms with E-state index in [1.807, 2.05) is 0 Å². The van der Waals surface area contributed by atoms with E-state index in [1.165, 1.54) is 4.90 Å². The van der Waals surface area contributed by atoms with Gasteiger partial charge in [-0.2, -0.15) is 0 Å². The Balaban J connectivity index is 2.89. The predicted octanol–water partition coefficient (Wildman–Crippen LogP) is -2.35. The third-order valence-corrected chi connectivity index (χ3v) is 4.36. The van der Waals surface area contributed by atoms with Gasteiger partial charge in [0.05, 0.1) is 19.1 Å². The molecular formula is C16H30N2O8. The van der Waals surface area contributed by atoms with Crippen molar-refractivity contribution in [3.8, 4) is 0 Å². The summed E-state index contributed by atoms with van der Waals surface area (Å²) in [6, 6.07) is -1.25. The first-order chi connectivity index (χ1) is 12.3. The van der Waals surface area contributed by atoms with Crippen molar-refractivity contribution in [1.29, 1.82) is 0 Å². The lowest BCUT2D eigenvalue weighted by molar-refractivity contribution is -0.153. The Morgan fingerprint density at radius 3 is 2.46 bits per heavy atom. The summed E-state index contributed by atoms with van der Waals surface area (Å²) in [4.78, 5) is 24.4. The standard InChI is InChI=1S/C16H30N2O8/c17-10(7-13(22)23)16(25)18-5-3-1-2-4-6-26-15(12(21)9-19)14(24)11(20)8-18/h10-12,14-15,19-21,24H,1-9,17H2,(H,22,23)/t10-,11+,12+,14+,15+/m0/s1. The Labute approximate surface area is 152 Å². The first kappa shape index (κ1) is 22.7.